The molecule has 0 radical (unpaired) electrons. The molecular formula is C16H34. The molecule has 0 aromatic heterocycles. The first-order chi connectivity index (χ1) is 7.70. The van der Waals surface area contributed by atoms with Crippen molar-refractivity contribution in [3.63, 3.8) is 0 Å². The lowest BCUT2D eigenvalue weighted by Gasteiger charge is -2.18. The number of rotatable bonds is 7. The summed E-state index contributed by atoms with van der Waals surface area (Å²) < 4.78 is 0. The molecule has 0 heteroatoms. The van der Waals surface area contributed by atoms with E-state index in [1.54, 1.807) is 0 Å². The maximum atomic E-state index is 2.36. The Labute approximate surface area is 104 Å². The minimum atomic E-state index is 0.955. The highest BCUT2D eigenvalue weighted by Crippen LogP contribution is 2.24. The molecule has 1 saturated carbocycles. The normalized spacial score (nSPS) is 17.2. The van der Waals surface area contributed by atoms with Crippen molar-refractivity contribution in [3.05, 3.63) is 0 Å². The van der Waals surface area contributed by atoms with Crippen LogP contribution in [-0.2, 0) is 0 Å². The summed E-state index contributed by atoms with van der Waals surface area (Å²) in [4.78, 5) is 0. The van der Waals surface area contributed by atoms with Gasteiger partial charge in [0.25, 0.3) is 0 Å². The number of hydrogen-bond donors (Lipinski definition) is 0. The van der Waals surface area contributed by atoms with Gasteiger partial charge in [0.05, 0.1) is 0 Å². The lowest BCUT2D eigenvalue weighted by Crippen LogP contribution is -2.04. The zero-order valence-electron chi connectivity index (χ0n) is 12.2. The Morgan fingerprint density at radius 2 is 1.56 bits per heavy atom. The van der Waals surface area contributed by atoms with Gasteiger partial charge in [0, 0.05) is 0 Å². The second-order valence-corrected chi connectivity index (χ2v) is 5.75. The van der Waals surface area contributed by atoms with Crippen molar-refractivity contribution in [1.29, 1.82) is 0 Å². The molecule has 0 aromatic rings. The molecule has 0 N–H and O–H groups in total. The van der Waals surface area contributed by atoms with Crippen molar-refractivity contribution >= 4 is 0 Å². The Bertz CT molecular complexity index is 124. The first-order valence-electron chi connectivity index (χ1n) is 7.70. The van der Waals surface area contributed by atoms with Gasteiger partial charge in [-0.15, -0.1) is 0 Å². The summed E-state index contributed by atoms with van der Waals surface area (Å²) in [5.41, 5.74) is 0. The van der Waals surface area contributed by atoms with Gasteiger partial charge in [-0.3, -0.25) is 0 Å². The molecule has 0 saturated heterocycles. The van der Waals surface area contributed by atoms with E-state index in [0.29, 0.717) is 0 Å². The minimum absolute atomic E-state index is 0.955. The monoisotopic (exact) mass is 226 g/mol. The average molecular weight is 226 g/mol. The van der Waals surface area contributed by atoms with Crippen molar-refractivity contribution in [3.8, 4) is 0 Å². The fraction of sp³-hybridized carbons (Fsp3) is 1.00. The largest absolute Gasteiger partial charge is 0.0654 e. The fourth-order valence-corrected chi connectivity index (χ4v) is 1.91. The van der Waals surface area contributed by atoms with Crippen LogP contribution in [0, 0.1) is 11.8 Å². The maximum Gasteiger partial charge on any atom is -0.0443 e. The van der Waals surface area contributed by atoms with Gasteiger partial charge in [0.1, 0.15) is 0 Å². The molecule has 0 bridgehead atoms. The molecule has 1 atom stereocenters. The van der Waals surface area contributed by atoms with E-state index in [9.17, 15) is 0 Å². The molecule has 1 aliphatic carbocycles. The Morgan fingerprint density at radius 3 is 1.94 bits per heavy atom. The van der Waals surface area contributed by atoms with E-state index in [1.807, 2.05) is 0 Å². The Hall–Kier alpha value is 0. The lowest BCUT2D eigenvalue weighted by atomic mass is 9.88. The topological polar surface area (TPSA) is 0 Å². The predicted octanol–water partition coefficient (Wildman–Crippen LogP) is 6.20. The molecule has 0 nitrogen and oxygen atoms in total. The van der Waals surface area contributed by atoms with Gasteiger partial charge in [-0.1, -0.05) is 91.9 Å². The lowest BCUT2D eigenvalue weighted by molar-refractivity contribution is 0.346. The van der Waals surface area contributed by atoms with Crippen LogP contribution in [0.4, 0.5) is 0 Å². The third kappa shape index (κ3) is 10.5. The van der Waals surface area contributed by atoms with Crippen LogP contribution in [0.3, 0.4) is 0 Å². The van der Waals surface area contributed by atoms with E-state index in [-0.39, 0.29) is 0 Å². The first-order valence-corrected chi connectivity index (χ1v) is 7.70. The Balaban J connectivity index is 0.000000368. The van der Waals surface area contributed by atoms with Gasteiger partial charge in [-0.05, 0) is 11.8 Å². The van der Waals surface area contributed by atoms with Gasteiger partial charge < -0.3 is 0 Å². The molecule has 1 aliphatic rings. The average Bonchev–Trinajstić information content (AvgIpc) is 2.26. The van der Waals surface area contributed by atoms with Crippen LogP contribution in [0.5, 0.6) is 0 Å². The number of unbranched alkanes of at least 4 members (excludes halogenated alkanes) is 4. The molecule has 0 aromatic carbocycles. The second kappa shape index (κ2) is 11.5. The van der Waals surface area contributed by atoms with Crippen LogP contribution in [-0.4, -0.2) is 0 Å². The highest BCUT2D eigenvalue weighted by atomic mass is 14.1. The predicted molar refractivity (Wildman–Crippen MR) is 75.8 cm³/mol. The van der Waals surface area contributed by atoms with Crippen LogP contribution >= 0.6 is 0 Å². The van der Waals surface area contributed by atoms with E-state index >= 15 is 0 Å². The van der Waals surface area contributed by atoms with Crippen LogP contribution in [0.2, 0.25) is 0 Å². The molecular weight excluding hydrogens is 192 g/mol. The van der Waals surface area contributed by atoms with E-state index in [0.717, 1.165) is 11.8 Å². The van der Waals surface area contributed by atoms with Gasteiger partial charge in [0.2, 0.25) is 0 Å². The van der Waals surface area contributed by atoms with Crippen LogP contribution in [0.15, 0.2) is 0 Å². The van der Waals surface area contributed by atoms with Crippen molar-refractivity contribution in [1.82, 2.24) is 0 Å². The summed E-state index contributed by atoms with van der Waals surface area (Å²) in [5, 5.41) is 0. The van der Waals surface area contributed by atoms with E-state index in [2.05, 4.69) is 27.7 Å². The smallest absolute Gasteiger partial charge is 0.0443 e. The zero-order chi connectivity index (χ0) is 12.2. The van der Waals surface area contributed by atoms with E-state index in [4.69, 9.17) is 0 Å². The van der Waals surface area contributed by atoms with Gasteiger partial charge in [-0.2, -0.15) is 0 Å². The highest BCUT2D eigenvalue weighted by Gasteiger charge is 2.09. The fourth-order valence-electron chi connectivity index (χ4n) is 1.91. The molecule has 1 rings (SSSR count). The zero-order valence-corrected chi connectivity index (χ0v) is 12.2. The van der Waals surface area contributed by atoms with Crippen molar-refractivity contribution in [2.75, 3.05) is 0 Å². The second-order valence-electron chi connectivity index (χ2n) is 5.75. The molecule has 0 spiro atoms. The number of hydrogen-bond acceptors (Lipinski definition) is 0. The Morgan fingerprint density at radius 1 is 1.00 bits per heavy atom. The van der Waals surface area contributed by atoms with Crippen molar-refractivity contribution in [2.24, 2.45) is 11.8 Å². The van der Waals surface area contributed by atoms with E-state index in [1.165, 1.54) is 64.2 Å². The van der Waals surface area contributed by atoms with Crippen LogP contribution in [0.25, 0.3) is 0 Å². The molecule has 0 amide bonds. The molecule has 1 fully saturated rings. The molecule has 0 aliphatic heterocycles. The third-order valence-corrected chi connectivity index (χ3v) is 3.89. The quantitative estimate of drug-likeness (QED) is 0.453. The van der Waals surface area contributed by atoms with Crippen molar-refractivity contribution < 1.29 is 0 Å². The summed E-state index contributed by atoms with van der Waals surface area (Å²) in [6.45, 7) is 9.23. The van der Waals surface area contributed by atoms with Gasteiger partial charge in [-0.25, -0.2) is 0 Å². The van der Waals surface area contributed by atoms with Gasteiger partial charge >= 0.3 is 0 Å². The SMILES string of the molecule is CC1CCC1.CCCCCCCC(C)CC. The summed E-state index contributed by atoms with van der Waals surface area (Å²) in [7, 11) is 0. The molecule has 1 unspecified atom stereocenters. The van der Waals surface area contributed by atoms with Crippen LogP contribution in [0.1, 0.15) is 91.9 Å². The Kier molecular flexibility index (Phi) is 11.5. The van der Waals surface area contributed by atoms with E-state index < -0.39 is 0 Å². The highest BCUT2D eigenvalue weighted by molar-refractivity contribution is 4.62. The third-order valence-electron chi connectivity index (χ3n) is 3.89. The first kappa shape index (κ1) is 16.0. The minimum Gasteiger partial charge on any atom is -0.0654 e. The summed E-state index contributed by atoms with van der Waals surface area (Å²) >= 11 is 0. The molecule has 0 heterocycles. The standard InChI is InChI=1S/C11H24.C5H10/c1-4-6-7-8-9-10-11(3)5-2;1-5-3-2-4-5/h11H,4-10H2,1-3H3;5H,2-4H2,1H3. The van der Waals surface area contributed by atoms with Crippen molar-refractivity contribution in [2.45, 2.75) is 91.9 Å². The summed E-state index contributed by atoms with van der Waals surface area (Å²) in [6.07, 6.45) is 14.4. The molecule has 98 valence electrons. The molecule has 16 heavy (non-hydrogen) atoms. The van der Waals surface area contributed by atoms with Crippen LogP contribution < -0.4 is 0 Å². The maximum absolute atomic E-state index is 2.36. The summed E-state index contributed by atoms with van der Waals surface area (Å²) in [5.74, 6) is 2.02. The summed E-state index contributed by atoms with van der Waals surface area (Å²) in [6, 6.07) is 0. The van der Waals surface area contributed by atoms with Gasteiger partial charge in [0.15, 0.2) is 0 Å².